The fourth-order valence-electron chi connectivity index (χ4n) is 4.71. The van der Waals surface area contributed by atoms with E-state index in [0.717, 1.165) is 33.7 Å². The van der Waals surface area contributed by atoms with Gasteiger partial charge in [0.15, 0.2) is 5.84 Å². The van der Waals surface area contributed by atoms with E-state index < -0.39 is 5.91 Å². The molecule has 6 rings (SSSR count). The summed E-state index contributed by atoms with van der Waals surface area (Å²) in [6, 6.07) is 25.5. The number of nitrogens with zero attached hydrogens (tertiary/aromatic N) is 4. The van der Waals surface area contributed by atoms with Gasteiger partial charge >= 0.3 is 0 Å². The van der Waals surface area contributed by atoms with Crippen LogP contribution < -0.4 is 9.47 Å². The lowest BCUT2D eigenvalue weighted by Crippen LogP contribution is -2.35. The molecule has 0 radical (unpaired) electrons. The van der Waals surface area contributed by atoms with E-state index in [1.807, 2.05) is 86.6 Å². The Hall–Kier alpha value is -4.63. The highest BCUT2D eigenvalue weighted by molar-refractivity contribution is 8.27. The molecule has 4 aromatic rings. The molecular weight excluding hydrogens is 522 g/mol. The normalized spacial score (nSPS) is 15.8. The first-order chi connectivity index (χ1) is 19.5. The van der Waals surface area contributed by atoms with Crippen LogP contribution in [0.4, 0.5) is 0 Å². The number of aliphatic imine (C=N–C) groups is 1. The molecule has 3 heterocycles. The van der Waals surface area contributed by atoms with Crippen molar-refractivity contribution >= 4 is 50.7 Å². The van der Waals surface area contributed by atoms with Crippen LogP contribution in [-0.2, 0) is 11.3 Å². The van der Waals surface area contributed by atoms with Gasteiger partial charge in [0.25, 0.3) is 5.91 Å². The number of hydrogen-bond donors (Lipinski definition) is 1. The third-order valence-corrected chi connectivity index (χ3v) is 7.66. The lowest BCUT2D eigenvalue weighted by atomic mass is 10.1. The molecule has 40 heavy (non-hydrogen) atoms. The van der Waals surface area contributed by atoms with Crippen LogP contribution in [0.3, 0.4) is 0 Å². The summed E-state index contributed by atoms with van der Waals surface area (Å²) in [4.78, 5) is 17.3. The molecule has 1 N–H and O–H groups in total. The van der Waals surface area contributed by atoms with E-state index in [4.69, 9.17) is 14.9 Å². The second kappa shape index (κ2) is 10.9. The van der Waals surface area contributed by atoms with Gasteiger partial charge in [-0.2, -0.15) is 15.1 Å². The summed E-state index contributed by atoms with van der Waals surface area (Å²) in [6.07, 6.45) is 1.76. The number of thioether (sulfide) groups is 1. The Bertz CT molecular complexity index is 1700. The Balaban J connectivity index is 1.25. The van der Waals surface area contributed by atoms with E-state index in [9.17, 15) is 4.79 Å². The molecule has 0 unspecified atom stereocenters. The number of aryl methyl sites for hydroxylation is 1. The van der Waals surface area contributed by atoms with Crippen molar-refractivity contribution in [1.29, 1.82) is 5.41 Å². The zero-order valence-electron chi connectivity index (χ0n) is 22.1. The monoisotopic (exact) mass is 549 g/mol. The lowest BCUT2D eigenvalue weighted by molar-refractivity contribution is -0.114. The third kappa shape index (κ3) is 5.03. The van der Waals surface area contributed by atoms with Gasteiger partial charge in [-0.1, -0.05) is 54.1 Å². The van der Waals surface area contributed by atoms with Gasteiger partial charge in [-0.05, 0) is 62.0 Å². The first-order valence-electron chi connectivity index (χ1n) is 12.9. The number of hydrazone groups is 1. The zero-order valence-corrected chi connectivity index (χ0v) is 22.9. The molecule has 8 nitrogen and oxygen atoms in total. The standard InChI is InChI=1S/C31H27N5O3S/c1-20-12-14-23(15-13-20)38-17-16-35-21(2)25(24-10-6-7-11-27(24)35)18-26-29(32)36-31(33-30(26)37)40-28(34-36)19-39-22-8-4-3-5-9-22/h3-15,18,32H,16-17,19H2,1-2H3. The van der Waals surface area contributed by atoms with Crippen LogP contribution in [-0.4, -0.2) is 44.7 Å². The maximum Gasteiger partial charge on any atom is 0.283 e. The third-order valence-electron chi connectivity index (χ3n) is 6.77. The molecule has 0 saturated heterocycles. The molecule has 0 fully saturated rings. The van der Waals surface area contributed by atoms with Crippen molar-refractivity contribution in [2.45, 2.75) is 20.4 Å². The predicted molar refractivity (Wildman–Crippen MR) is 160 cm³/mol. The van der Waals surface area contributed by atoms with Gasteiger partial charge in [-0.3, -0.25) is 10.2 Å². The van der Waals surface area contributed by atoms with E-state index in [2.05, 4.69) is 20.7 Å². The summed E-state index contributed by atoms with van der Waals surface area (Å²) in [5, 5.41) is 16.7. The SMILES string of the molecule is Cc1ccc(OCCn2c(C)c(C=C3C(=N)N4N=C(COc5ccccc5)SC4=NC3=O)c3ccccc32)cc1. The number of amidine groups is 2. The smallest absolute Gasteiger partial charge is 0.283 e. The van der Waals surface area contributed by atoms with Gasteiger partial charge in [0, 0.05) is 22.2 Å². The Kier molecular flexibility index (Phi) is 6.96. The molecule has 0 saturated carbocycles. The molecular formula is C31H27N5O3S. The molecule has 0 atom stereocenters. The van der Waals surface area contributed by atoms with Crippen molar-refractivity contribution in [1.82, 2.24) is 9.58 Å². The second-order valence-electron chi connectivity index (χ2n) is 9.44. The average molecular weight is 550 g/mol. The summed E-state index contributed by atoms with van der Waals surface area (Å²) < 4.78 is 14.0. The fourth-order valence-corrected chi connectivity index (χ4v) is 5.51. The molecule has 0 aliphatic carbocycles. The largest absolute Gasteiger partial charge is 0.492 e. The van der Waals surface area contributed by atoms with Crippen LogP contribution in [0.2, 0.25) is 0 Å². The second-order valence-corrected chi connectivity index (χ2v) is 10.5. The summed E-state index contributed by atoms with van der Waals surface area (Å²) in [5.74, 6) is 1.09. The fraction of sp³-hybridized carbons (Fsp3) is 0.161. The van der Waals surface area contributed by atoms with Crippen LogP contribution in [0.1, 0.15) is 16.8 Å². The highest BCUT2D eigenvalue weighted by Crippen LogP contribution is 2.32. The topological polar surface area (TPSA) is 92.3 Å². The minimum atomic E-state index is -0.455. The summed E-state index contributed by atoms with van der Waals surface area (Å²) in [5.41, 5.74) is 4.27. The predicted octanol–water partition coefficient (Wildman–Crippen LogP) is 6.04. The van der Waals surface area contributed by atoms with Crippen LogP contribution in [0, 0.1) is 19.3 Å². The van der Waals surface area contributed by atoms with Crippen molar-refractivity contribution < 1.29 is 14.3 Å². The van der Waals surface area contributed by atoms with Crippen molar-refractivity contribution in [2.24, 2.45) is 10.1 Å². The van der Waals surface area contributed by atoms with Crippen LogP contribution >= 0.6 is 11.8 Å². The number of para-hydroxylation sites is 2. The number of benzene rings is 3. The van der Waals surface area contributed by atoms with E-state index in [1.165, 1.54) is 22.3 Å². The molecule has 1 aromatic heterocycles. The first-order valence-corrected chi connectivity index (χ1v) is 13.7. The van der Waals surface area contributed by atoms with Gasteiger partial charge < -0.3 is 14.0 Å². The van der Waals surface area contributed by atoms with Gasteiger partial charge in [0.1, 0.15) is 29.8 Å². The highest BCUT2D eigenvalue weighted by atomic mass is 32.2. The van der Waals surface area contributed by atoms with Crippen LogP contribution in [0.5, 0.6) is 11.5 Å². The number of carbonyl (C=O) groups is 1. The Morgan fingerprint density at radius 1 is 0.925 bits per heavy atom. The van der Waals surface area contributed by atoms with Crippen molar-refractivity contribution in [3.05, 3.63) is 101 Å². The number of fused-ring (bicyclic) bond motifs is 2. The van der Waals surface area contributed by atoms with Crippen molar-refractivity contribution in [2.75, 3.05) is 13.2 Å². The van der Waals surface area contributed by atoms with E-state index in [0.29, 0.717) is 23.4 Å². The average Bonchev–Trinajstić information content (AvgIpc) is 3.50. The number of nitrogens with one attached hydrogen (secondary N) is 1. The number of amides is 1. The molecule has 2 aliphatic rings. The van der Waals surface area contributed by atoms with Crippen LogP contribution in [0.15, 0.2) is 94.5 Å². The van der Waals surface area contributed by atoms with Gasteiger partial charge in [-0.15, -0.1) is 0 Å². The number of ether oxygens (including phenoxy) is 2. The lowest BCUT2D eigenvalue weighted by Gasteiger charge is -2.20. The number of carbonyl (C=O) groups excluding carboxylic acids is 1. The minimum absolute atomic E-state index is 0.00357. The summed E-state index contributed by atoms with van der Waals surface area (Å²) >= 11 is 1.24. The van der Waals surface area contributed by atoms with Crippen molar-refractivity contribution in [3.63, 3.8) is 0 Å². The molecule has 200 valence electrons. The minimum Gasteiger partial charge on any atom is -0.492 e. The maximum absolute atomic E-state index is 13.1. The van der Waals surface area contributed by atoms with Gasteiger partial charge in [-0.25, -0.2) is 0 Å². The molecule has 9 heteroatoms. The summed E-state index contributed by atoms with van der Waals surface area (Å²) in [6.45, 7) is 5.42. The molecule has 2 aliphatic heterocycles. The Labute approximate surface area is 236 Å². The molecule has 1 amide bonds. The summed E-state index contributed by atoms with van der Waals surface area (Å²) in [7, 11) is 0. The van der Waals surface area contributed by atoms with E-state index in [-0.39, 0.29) is 18.0 Å². The van der Waals surface area contributed by atoms with Gasteiger partial charge in [0.05, 0.1) is 12.1 Å². The van der Waals surface area contributed by atoms with E-state index >= 15 is 0 Å². The first kappa shape index (κ1) is 25.6. The number of rotatable bonds is 8. The Morgan fingerprint density at radius 2 is 1.65 bits per heavy atom. The van der Waals surface area contributed by atoms with Crippen LogP contribution in [0.25, 0.3) is 17.0 Å². The highest BCUT2D eigenvalue weighted by Gasteiger charge is 2.36. The molecule has 0 bridgehead atoms. The van der Waals surface area contributed by atoms with E-state index in [1.54, 1.807) is 6.08 Å². The van der Waals surface area contributed by atoms with Gasteiger partial charge in [0.2, 0.25) is 5.17 Å². The zero-order chi connectivity index (χ0) is 27.6. The number of hydrogen-bond acceptors (Lipinski definition) is 6. The Morgan fingerprint density at radius 3 is 2.45 bits per heavy atom. The maximum atomic E-state index is 13.1. The number of aromatic nitrogens is 1. The van der Waals surface area contributed by atoms with Crippen molar-refractivity contribution in [3.8, 4) is 11.5 Å². The molecule has 0 spiro atoms. The quantitative estimate of drug-likeness (QED) is 0.271. The molecule has 3 aromatic carbocycles.